The van der Waals surface area contributed by atoms with Gasteiger partial charge in [0, 0.05) is 11.1 Å². The summed E-state index contributed by atoms with van der Waals surface area (Å²) in [6.07, 6.45) is 6.09. The van der Waals surface area contributed by atoms with Gasteiger partial charge in [0.05, 0.1) is 0 Å². The summed E-state index contributed by atoms with van der Waals surface area (Å²) in [5.41, 5.74) is 1.23. The van der Waals surface area contributed by atoms with Crippen molar-refractivity contribution in [2.24, 2.45) is 0 Å². The van der Waals surface area contributed by atoms with E-state index in [0.717, 1.165) is 17.8 Å². The fourth-order valence-corrected chi connectivity index (χ4v) is 2.20. The summed E-state index contributed by atoms with van der Waals surface area (Å²) in [6.45, 7) is 4.30. The van der Waals surface area contributed by atoms with Crippen LogP contribution < -0.4 is 5.32 Å². The quantitative estimate of drug-likeness (QED) is 0.804. The molecule has 1 aliphatic rings. The molecule has 1 saturated carbocycles. The Balaban J connectivity index is 2.23. The Bertz CT molecular complexity index is 361. The number of hydrogen-bond acceptors (Lipinski definition) is 3. The zero-order valence-electron chi connectivity index (χ0n) is 9.18. The summed E-state index contributed by atoms with van der Waals surface area (Å²) < 4.78 is 0. The van der Waals surface area contributed by atoms with Crippen LogP contribution in [0.1, 0.15) is 38.7 Å². The topological polar surface area (TPSA) is 37.8 Å². The van der Waals surface area contributed by atoms with Crippen molar-refractivity contribution in [3.63, 3.8) is 0 Å². The number of nitrogens with one attached hydrogen (secondary N) is 1. The highest BCUT2D eigenvalue weighted by Crippen LogP contribution is 2.35. The van der Waals surface area contributed by atoms with E-state index in [1.54, 1.807) is 0 Å². The number of nitrogens with zero attached hydrogens (tertiary/aromatic N) is 2. The van der Waals surface area contributed by atoms with Crippen molar-refractivity contribution < 1.29 is 0 Å². The summed E-state index contributed by atoms with van der Waals surface area (Å²) in [5.74, 6) is 0.903. The van der Waals surface area contributed by atoms with Gasteiger partial charge < -0.3 is 5.32 Å². The third-order valence-electron chi connectivity index (χ3n) is 3.12. The second-order valence-corrected chi connectivity index (χ2v) is 4.74. The maximum Gasteiger partial charge on any atom is 0.137 e. The predicted octanol–water partition coefficient (Wildman–Crippen LogP) is 3.05. The van der Waals surface area contributed by atoms with Gasteiger partial charge in [0.15, 0.2) is 0 Å². The van der Waals surface area contributed by atoms with E-state index in [0.29, 0.717) is 5.15 Å². The van der Waals surface area contributed by atoms with Gasteiger partial charge in [-0.2, -0.15) is 0 Å². The van der Waals surface area contributed by atoms with Crippen molar-refractivity contribution in [2.45, 2.75) is 45.1 Å². The van der Waals surface area contributed by atoms with Crippen molar-refractivity contribution in [2.75, 3.05) is 5.32 Å². The molecule has 0 spiro atoms. The molecule has 0 aromatic carbocycles. The molecule has 0 atom stereocenters. The molecule has 1 N–H and O–H groups in total. The SMILES string of the molecule is CCc1c(Cl)ncnc1NC1(C)CCC1. The molecule has 3 nitrogen and oxygen atoms in total. The first-order valence-corrected chi connectivity index (χ1v) is 5.80. The lowest BCUT2D eigenvalue weighted by Gasteiger charge is -2.40. The summed E-state index contributed by atoms with van der Waals surface area (Å²) in [4.78, 5) is 8.27. The molecular weight excluding hydrogens is 210 g/mol. The molecule has 1 aromatic rings. The minimum absolute atomic E-state index is 0.210. The lowest BCUT2D eigenvalue weighted by Crippen LogP contribution is -2.42. The first-order valence-electron chi connectivity index (χ1n) is 5.42. The van der Waals surface area contributed by atoms with Crippen molar-refractivity contribution in [1.82, 2.24) is 9.97 Å². The molecule has 0 radical (unpaired) electrons. The largest absolute Gasteiger partial charge is 0.365 e. The summed E-state index contributed by atoms with van der Waals surface area (Å²) in [7, 11) is 0. The third-order valence-corrected chi connectivity index (χ3v) is 3.45. The lowest BCUT2D eigenvalue weighted by atomic mass is 9.78. The van der Waals surface area contributed by atoms with Gasteiger partial charge in [0.1, 0.15) is 17.3 Å². The highest BCUT2D eigenvalue weighted by molar-refractivity contribution is 6.30. The highest BCUT2D eigenvalue weighted by Gasteiger charge is 2.32. The van der Waals surface area contributed by atoms with E-state index >= 15 is 0 Å². The Morgan fingerprint density at radius 2 is 2.20 bits per heavy atom. The second-order valence-electron chi connectivity index (χ2n) is 4.38. The van der Waals surface area contributed by atoms with Crippen LogP contribution in [0, 0.1) is 0 Å². The minimum atomic E-state index is 0.210. The fraction of sp³-hybridized carbons (Fsp3) is 0.636. The minimum Gasteiger partial charge on any atom is -0.365 e. The normalized spacial score (nSPS) is 18.3. The molecule has 1 aliphatic carbocycles. The van der Waals surface area contributed by atoms with Crippen LogP contribution in [-0.4, -0.2) is 15.5 Å². The van der Waals surface area contributed by atoms with Gasteiger partial charge in [-0.05, 0) is 32.6 Å². The molecule has 0 amide bonds. The molecule has 2 rings (SSSR count). The molecule has 0 unspecified atom stereocenters. The smallest absolute Gasteiger partial charge is 0.137 e. The van der Waals surface area contributed by atoms with Crippen molar-refractivity contribution in [3.8, 4) is 0 Å². The van der Waals surface area contributed by atoms with Crippen LogP contribution in [0.2, 0.25) is 5.15 Å². The van der Waals surface area contributed by atoms with Crippen LogP contribution in [-0.2, 0) is 6.42 Å². The number of hydrogen-bond donors (Lipinski definition) is 1. The van der Waals surface area contributed by atoms with Gasteiger partial charge in [0.25, 0.3) is 0 Å². The Labute approximate surface area is 95.3 Å². The fourth-order valence-electron chi connectivity index (χ4n) is 1.93. The Kier molecular flexibility index (Phi) is 2.83. The first-order chi connectivity index (χ1) is 7.14. The van der Waals surface area contributed by atoms with E-state index in [9.17, 15) is 0 Å². The maximum atomic E-state index is 6.03. The highest BCUT2D eigenvalue weighted by atomic mass is 35.5. The van der Waals surface area contributed by atoms with Crippen molar-refractivity contribution in [3.05, 3.63) is 17.0 Å². The van der Waals surface area contributed by atoms with E-state index < -0.39 is 0 Å². The van der Waals surface area contributed by atoms with Crippen LogP contribution in [0.4, 0.5) is 5.82 Å². The second kappa shape index (κ2) is 3.97. The number of aromatic nitrogens is 2. The average Bonchev–Trinajstić information content (AvgIpc) is 2.16. The van der Waals surface area contributed by atoms with Gasteiger partial charge in [-0.15, -0.1) is 0 Å². The molecule has 82 valence electrons. The summed E-state index contributed by atoms with van der Waals surface area (Å²) in [5, 5.41) is 4.05. The van der Waals surface area contributed by atoms with Crippen LogP contribution >= 0.6 is 11.6 Å². The third kappa shape index (κ3) is 2.07. The molecule has 1 aromatic heterocycles. The van der Waals surface area contributed by atoms with E-state index in [1.807, 2.05) is 0 Å². The van der Waals surface area contributed by atoms with Gasteiger partial charge in [-0.25, -0.2) is 9.97 Å². The summed E-state index contributed by atoms with van der Waals surface area (Å²) >= 11 is 6.03. The van der Waals surface area contributed by atoms with Crippen LogP contribution in [0.3, 0.4) is 0 Å². The van der Waals surface area contributed by atoms with Crippen LogP contribution in [0.5, 0.6) is 0 Å². The van der Waals surface area contributed by atoms with Crippen LogP contribution in [0.25, 0.3) is 0 Å². The molecule has 0 bridgehead atoms. The zero-order chi connectivity index (χ0) is 10.9. The Morgan fingerprint density at radius 3 is 2.73 bits per heavy atom. The Hall–Kier alpha value is -0.830. The molecule has 0 saturated heterocycles. The van der Waals surface area contributed by atoms with Gasteiger partial charge >= 0.3 is 0 Å². The molecular formula is C11H16ClN3. The lowest BCUT2D eigenvalue weighted by molar-refractivity contribution is 0.305. The molecule has 4 heteroatoms. The molecule has 1 fully saturated rings. The van der Waals surface area contributed by atoms with Gasteiger partial charge in [-0.3, -0.25) is 0 Å². The molecule has 15 heavy (non-hydrogen) atoms. The van der Waals surface area contributed by atoms with E-state index in [4.69, 9.17) is 11.6 Å². The van der Waals surface area contributed by atoms with E-state index in [2.05, 4.69) is 29.1 Å². The first kappa shape index (κ1) is 10.7. The van der Waals surface area contributed by atoms with Crippen molar-refractivity contribution in [1.29, 1.82) is 0 Å². The summed E-state index contributed by atoms with van der Waals surface area (Å²) in [6, 6.07) is 0. The predicted molar refractivity (Wildman–Crippen MR) is 62.3 cm³/mol. The van der Waals surface area contributed by atoms with Crippen molar-refractivity contribution >= 4 is 17.4 Å². The molecule has 0 aliphatic heterocycles. The maximum absolute atomic E-state index is 6.03. The number of anilines is 1. The average molecular weight is 226 g/mol. The van der Waals surface area contributed by atoms with E-state index in [1.165, 1.54) is 25.6 Å². The standard InChI is InChI=1S/C11H16ClN3/c1-3-8-9(12)13-7-14-10(8)15-11(2)5-4-6-11/h7H,3-6H2,1-2H3,(H,13,14,15). The van der Waals surface area contributed by atoms with Gasteiger partial charge in [-0.1, -0.05) is 18.5 Å². The van der Waals surface area contributed by atoms with Crippen LogP contribution in [0.15, 0.2) is 6.33 Å². The van der Waals surface area contributed by atoms with E-state index in [-0.39, 0.29) is 5.54 Å². The number of halogens is 1. The number of rotatable bonds is 3. The monoisotopic (exact) mass is 225 g/mol. The Morgan fingerprint density at radius 1 is 1.47 bits per heavy atom. The van der Waals surface area contributed by atoms with Gasteiger partial charge in [0.2, 0.25) is 0 Å². The zero-order valence-corrected chi connectivity index (χ0v) is 9.93. The molecule has 1 heterocycles.